The Morgan fingerprint density at radius 2 is 1.89 bits per heavy atom. The highest BCUT2D eigenvalue weighted by Crippen LogP contribution is 2.28. The van der Waals surface area contributed by atoms with Crippen molar-refractivity contribution in [3.05, 3.63) is 0 Å². The van der Waals surface area contributed by atoms with E-state index in [4.69, 9.17) is 4.74 Å². The molecule has 0 spiro atoms. The van der Waals surface area contributed by atoms with Gasteiger partial charge in [-0.15, -0.1) is 24.0 Å². The summed E-state index contributed by atoms with van der Waals surface area (Å²) >= 11 is 0. The molecule has 0 atom stereocenters. The highest BCUT2D eigenvalue weighted by atomic mass is 127. The van der Waals surface area contributed by atoms with Gasteiger partial charge in [0.2, 0.25) is 0 Å². The van der Waals surface area contributed by atoms with E-state index >= 15 is 0 Å². The quantitative estimate of drug-likeness (QED) is 0.218. The number of halogens is 4. The van der Waals surface area contributed by atoms with Gasteiger partial charge in [0.15, 0.2) is 5.96 Å². The molecule has 0 unspecified atom stereocenters. The van der Waals surface area contributed by atoms with E-state index in [1.165, 1.54) is 0 Å². The Labute approximate surface area is 176 Å². The molecule has 0 aliphatic carbocycles. The number of hydrogen-bond acceptors (Lipinski definition) is 4. The zero-order valence-electron chi connectivity index (χ0n) is 15.9. The summed E-state index contributed by atoms with van der Waals surface area (Å²) in [5.74, 6) is 1.00. The molecule has 1 rings (SSSR count). The maximum atomic E-state index is 12.6. The molecule has 162 valence electrons. The highest BCUT2D eigenvalue weighted by molar-refractivity contribution is 14.0. The van der Waals surface area contributed by atoms with E-state index in [0.717, 1.165) is 0 Å². The van der Waals surface area contributed by atoms with Gasteiger partial charge in [-0.05, 0) is 25.7 Å². The van der Waals surface area contributed by atoms with Crippen LogP contribution in [-0.4, -0.2) is 69.6 Å². The maximum Gasteiger partial charge on any atom is 0.511 e. The van der Waals surface area contributed by atoms with Crippen LogP contribution >= 0.6 is 24.0 Å². The molecule has 12 heteroatoms. The molecule has 0 saturated carbocycles. The van der Waals surface area contributed by atoms with Crippen molar-refractivity contribution in [2.75, 3.05) is 39.4 Å². The second-order valence-corrected chi connectivity index (χ2v) is 8.43. The number of hydrogen-bond donors (Lipinski definition) is 2. The van der Waals surface area contributed by atoms with E-state index in [2.05, 4.69) is 29.5 Å². The van der Waals surface area contributed by atoms with E-state index in [0.29, 0.717) is 42.5 Å². The van der Waals surface area contributed by atoms with Gasteiger partial charge in [0, 0.05) is 32.3 Å². The van der Waals surface area contributed by atoms with Crippen LogP contribution in [0.2, 0.25) is 0 Å². The first-order chi connectivity index (χ1) is 12.1. The van der Waals surface area contributed by atoms with Gasteiger partial charge in [-0.25, -0.2) is 8.42 Å². The number of piperidine rings is 1. The molecule has 2 N–H and O–H groups in total. The summed E-state index contributed by atoms with van der Waals surface area (Å²) in [5.41, 5.74) is -5.25. The van der Waals surface area contributed by atoms with Crippen molar-refractivity contribution in [3.63, 3.8) is 0 Å². The van der Waals surface area contributed by atoms with Crippen LogP contribution in [0, 0.1) is 5.92 Å². The summed E-state index contributed by atoms with van der Waals surface area (Å²) in [5, 5.41) is 6.21. The van der Waals surface area contributed by atoms with Gasteiger partial charge in [0.1, 0.15) is 0 Å². The summed E-state index contributed by atoms with van der Waals surface area (Å²) in [6.45, 7) is 7.92. The number of aliphatic imine (C=N–C) groups is 1. The molecular formula is C15H30F3IN4O3S. The van der Waals surface area contributed by atoms with Gasteiger partial charge >= 0.3 is 15.5 Å². The summed E-state index contributed by atoms with van der Waals surface area (Å²) < 4.78 is 66.6. The standard InChI is InChI=1S/C15H29F3N4O3S.HI/c1-4-19-14(20-7-10-25-11-12(2)3)21-13-5-8-22(9-6-13)26(23,24)15(16,17)18;/h12-13H,4-11H2,1-3H3,(H2,19,20,21);1H. The summed E-state index contributed by atoms with van der Waals surface area (Å²) in [7, 11) is -5.25. The van der Waals surface area contributed by atoms with Crippen LogP contribution in [0.5, 0.6) is 0 Å². The molecule has 1 aliphatic rings. The fourth-order valence-electron chi connectivity index (χ4n) is 2.44. The number of alkyl halides is 3. The van der Waals surface area contributed by atoms with Crippen LogP contribution in [0.4, 0.5) is 13.2 Å². The Morgan fingerprint density at radius 1 is 1.30 bits per heavy atom. The first-order valence-corrected chi connectivity index (χ1v) is 10.2. The lowest BCUT2D eigenvalue weighted by Crippen LogP contribution is -2.51. The third-order valence-electron chi connectivity index (χ3n) is 3.73. The summed E-state index contributed by atoms with van der Waals surface area (Å²) in [6, 6.07) is -0.135. The molecule has 27 heavy (non-hydrogen) atoms. The average Bonchev–Trinajstić information content (AvgIpc) is 2.53. The number of rotatable bonds is 8. The molecular weight excluding hydrogens is 500 g/mol. The minimum absolute atomic E-state index is 0. The van der Waals surface area contributed by atoms with Crippen LogP contribution in [0.25, 0.3) is 0 Å². The van der Waals surface area contributed by atoms with Crippen molar-refractivity contribution in [1.82, 2.24) is 14.9 Å². The third kappa shape index (κ3) is 9.13. The highest BCUT2D eigenvalue weighted by Gasteiger charge is 2.50. The van der Waals surface area contributed by atoms with E-state index in [1.54, 1.807) is 0 Å². The minimum atomic E-state index is -5.25. The number of nitrogens with one attached hydrogen (secondary N) is 2. The van der Waals surface area contributed by atoms with Crippen LogP contribution in [0.15, 0.2) is 4.99 Å². The lowest BCUT2D eigenvalue weighted by Gasteiger charge is -2.32. The SMILES string of the molecule is CCNC(=NCCOCC(C)C)NC1CCN(S(=O)(=O)C(F)(F)F)CC1.I. The summed E-state index contributed by atoms with van der Waals surface area (Å²) in [6.07, 6.45) is 0.563. The lowest BCUT2D eigenvalue weighted by molar-refractivity contribution is -0.0494. The van der Waals surface area contributed by atoms with Gasteiger partial charge in [-0.3, -0.25) is 4.99 Å². The first kappa shape index (κ1) is 26.7. The van der Waals surface area contributed by atoms with E-state index in [9.17, 15) is 21.6 Å². The smallest absolute Gasteiger partial charge is 0.379 e. The second kappa shape index (κ2) is 12.3. The number of ether oxygens (including phenoxy) is 1. The zero-order valence-corrected chi connectivity index (χ0v) is 19.0. The fraction of sp³-hybridized carbons (Fsp3) is 0.933. The molecule has 1 saturated heterocycles. The minimum Gasteiger partial charge on any atom is -0.379 e. The normalized spacial score (nSPS) is 17.7. The second-order valence-electron chi connectivity index (χ2n) is 6.50. The zero-order chi connectivity index (χ0) is 19.8. The van der Waals surface area contributed by atoms with Gasteiger partial charge in [-0.2, -0.15) is 17.5 Å². The first-order valence-electron chi connectivity index (χ1n) is 8.77. The molecule has 0 radical (unpaired) electrons. The Bertz CT molecular complexity index is 551. The number of guanidine groups is 1. The van der Waals surface area contributed by atoms with Crippen molar-refractivity contribution in [1.29, 1.82) is 0 Å². The topological polar surface area (TPSA) is 83.0 Å². The number of sulfonamides is 1. The predicted octanol–water partition coefficient (Wildman–Crippen LogP) is 2.15. The van der Waals surface area contributed by atoms with E-state index < -0.39 is 15.5 Å². The van der Waals surface area contributed by atoms with Gasteiger partial charge in [0.05, 0.1) is 13.2 Å². The fourth-order valence-corrected chi connectivity index (χ4v) is 3.43. The Hall–Kier alpha value is -0.340. The van der Waals surface area contributed by atoms with Gasteiger partial charge < -0.3 is 15.4 Å². The molecule has 7 nitrogen and oxygen atoms in total. The Morgan fingerprint density at radius 3 is 2.37 bits per heavy atom. The maximum absolute atomic E-state index is 12.6. The van der Waals surface area contributed by atoms with Crippen molar-refractivity contribution < 1.29 is 26.3 Å². The average molecular weight is 530 g/mol. The predicted molar refractivity (Wildman–Crippen MR) is 110 cm³/mol. The van der Waals surface area contributed by atoms with Crippen molar-refractivity contribution in [2.45, 2.75) is 45.2 Å². The molecule has 1 heterocycles. The van der Waals surface area contributed by atoms with Crippen LogP contribution in [0.1, 0.15) is 33.6 Å². The Kier molecular flexibility index (Phi) is 12.1. The molecule has 0 aromatic carbocycles. The van der Waals surface area contributed by atoms with Crippen LogP contribution < -0.4 is 10.6 Å². The molecule has 0 aromatic heterocycles. The Balaban J connectivity index is 0.00000676. The van der Waals surface area contributed by atoms with Crippen LogP contribution in [-0.2, 0) is 14.8 Å². The van der Waals surface area contributed by atoms with E-state index in [1.807, 2.05) is 6.92 Å². The van der Waals surface area contributed by atoms with Crippen molar-refractivity contribution >= 4 is 40.0 Å². The van der Waals surface area contributed by atoms with E-state index in [-0.39, 0.29) is 55.9 Å². The van der Waals surface area contributed by atoms with Gasteiger partial charge in [0.25, 0.3) is 0 Å². The number of nitrogens with zero attached hydrogens (tertiary/aromatic N) is 2. The largest absolute Gasteiger partial charge is 0.511 e. The van der Waals surface area contributed by atoms with Crippen molar-refractivity contribution in [3.8, 4) is 0 Å². The molecule has 1 aliphatic heterocycles. The van der Waals surface area contributed by atoms with Crippen LogP contribution in [0.3, 0.4) is 0 Å². The third-order valence-corrected chi connectivity index (χ3v) is 5.36. The monoisotopic (exact) mass is 530 g/mol. The summed E-state index contributed by atoms with van der Waals surface area (Å²) in [4.78, 5) is 4.37. The lowest BCUT2D eigenvalue weighted by atomic mass is 10.1. The molecule has 1 fully saturated rings. The molecule has 0 aromatic rings. The van der Waals surface area contributed by atoms with Gasteiger partial charge in [-0.1, -0.05) is 13.8 Å². The van der Waals surface area contributed by atoms with Crippen molar-refractivity contribution in [2.24, 2.45) is 10.9 Å². The molecule has 0 bridgehead atoms. The molecule has 0 amide bonds.